The Morgan fingerprint density at radius 3 is 2.27 bits per heavy atom. The second-order valence-corrected chi connectivity index (χ2v) is 8.00. The molecule has 1 aromatic heterocycles. The lowest BCUT2D eigenvalue weighted by Crippen LogP contribution is -2.09. The minimum atomic E-state index is -1.17. The Bertz CT molecular complexity index is 1120. The fourth-order valence-electron chi connectivity index (χ4n) is 2.86. The van der Waals surface area contributed by atoms with Crippen LogP contribution in [0.25, 0.3) is 11.1 Å². The van der Waals surface area contributed by atoms with E-state index >= 15 is 0 Å². The number of methoxy groups -OCH3 is 1. The fourth-order valence-corrected chi connectivity index (χ4v) is 3.40. The summed E-state index contributed by atoms with van der Waals surface area (Å²) in [5.74, 6) is -0.390. The molecule has 2 aromatic carbocycles. The first kappa shape index (κ1) is 21.3. The SMILES string of the molecule is COC(=O)c1ccc(-c2ccc(NCc3oc(CS(C)=O)cc(=O)c3O)cc2)cc1. The zero-order chi connectivity index (χ0) is 21.7. The Labute approximate surface area is 175 Å². The smallest absolute Gasteiger partial charge is 0.337 e. The van der Waals surface area contributed by atoms with Crippen molar-refractivity contribution in [1.82, 2.24) is 0 Å². The van der Waals surface area contributed by atoms with Crippen LogP contribution in [-0.4, -0.2) is 28.7 Å². The fraction of sp³-hybridized carbons (Fsp3) is 0.182. The number of carbonyl (C=O) groups is 1. The van der Waals surface area contributed by atoms with Gasteiger partial charge in [0.1, 0.15) is 5.76 Å². The molecule has 1 heterocycles. The lowest BCUT2D eigenvalue weighted by molar-refractivity contribution is 0.0600. The van der Waals surface area contributed by atoms with Crippen LogP contribution in [0.4, 0.5) is 5.69 Å². The lowest BCUT2D eigenvalue weighted by Gasteiger charge is -2.10. The maximum atomic E-state index is 11.9. The van der Waals surface area contributed by atoms with Crippen molar-refractivity contribution in [1.29, 1.82) is 0 Å². The Morgan fingerprint density at radius 2 is 1.70 bits per heavy atom. The normalized spacial score (nSPS) is 11.7. The van der Waals surface area contributed by atoms with Gasteiger partial charge in [-0.15, -0.1) is 0 Å². The molecule has 0 saturated carbocycles. The third-order valence-corrected chi connectivity index (χ3v) is 5.06. The van der Waals surface area contributed by atoms with Gasteiger partial charge in [0.25, 0.3) is 0 Å². The van der Waals surface area contributed by atoms with Gasteiger partial charge in [0.05, 0.1) is 25.0 Å². The van der Waals surface area contributed by atoms with Crippen molar-refractivity contribution in [3.05, 3.63) is 81.9 Å². The molecule has 0 bridgehead atoms. The molecule has 0 aliphatic heterocycles. The third kappa shape index (κ3) is 5.15. The molecule has 0 fully saturated rings. The van der Waals surface area contributed by atoms with Crippen molar-refractivity contribution in [3.8, 4) is 16.9 Å². The van der Waals surface area contributed by atoms with E-state index in [9.17, 15) is 18.9 Å². The highest BCUT2D eigenvalue weighted by molar-refractivity contribution is 7.83. The molecule has 0 aliphatic carbocycles. The van der Waals surface area contributed by atoms with Gasteiger partial charge in [-0.05, 0) is 35.4 Å². The molecule has 0 radical (unpaired) electrons. The van der Waals surface area contributed by atoms with E-state index < -0.39 is 22.0 Å². The average molecular weight is 427 g/mol. The predicted molar refractivity (Wildman–Crippen MR) is 115 cm³/mol. The van der Waals surface area contributed by atoms with Crippen molar-refractivity contribution in [2.24, 2.45) is 0 Å². The first-order valence-electron chi connectivity index (χ1n) is 9.05. The molecule has 3 aromatic rings. The molecule has 8 heteroatoms. The van der Waals surface area contributed by atoms with Gasteiger partial charge < -0.3 is 19.6 Å². The van der Waals surface area contributed by atoms with Gasteiger partial charge in [0.2, 0.25) is 11.2 Å². The molecule has 156 valence electrons. The summed E-state index contributed by atoms with van der Waals surface area (Å²) in [6.45, 7) is 0.0957. The van der Waals surface area contributed by atoms with E-state index in [1.807, 2.05) is 36.4 Å². The molecule has 3 rings (SSSR count). The van der Waals surface area contributed by atoms with Crippen molar-refractivity contribution >= 4 is 22.5 Å². The van der Waals surface area contributed by atoms with Gasteiger partial charge in [-0.2, -0.15) is 0 Å². The molecular formula is C22H21NO6S. The zero-order valence-electron chi connectivity index (χ0n) is 16.5. The molecule has 1 unspecified atom stereocenters. The molecular weight excluding hydrogens is 406 g/mol. The van der Waals surface area contributed by atoms with Gasteiger partial charge in [-0.3, -0.25) is 9.00 Å². The third-order valence-electron chi connectivity index (χ3n) is 4.37. The molecule has 7 nitrogen and oxygen atoms in total. The van der Waals surface area contributed by atoms with Crippen molar-refractivity contribution < 1.29 is 23.3 Å². The first-order valence-corrected chi connectivity index (χ1v) is 10.8. The monoisotopic (exact) mass is 427 g/mol. The number of nitrogens with one attached hydrogen (secondary N) is 1. The number of benzene rings is 2. The summed E-state index contributed by atoms with van der Waals surface area (Å²) in [6.07, 6.45) is 1.51. The van der Waals surface area contributed by atoms with E-state index in [1.54, 1.807) is 12.1 Å². The summed E-state index contributed by atoms with van der Waals surface area (Å²) in [7, 11) is 0.175. The summed E-state index contributed by atoms with van der Waals surface area (Å²) in [4.78, 5) is 23.4. The number of hydrogen-bond donors (Lipinski definition) is 2. The Balaban J connectivity index is 1.71. The first-order chi connectivity index (χ1) is 14.4. The lowest BCUT2D eigenvalue weighted by atomic mass is 10.0. The van der Waals surface area contributed by atoms with Gasteiger partial charge in [-0.1, -0.05) is 24.3 Å². The van der Waals surface area contributed by atoms with Crippen LogP contribution in [-0.2, 0) is 27.8 Å². The van der Waals surface area contributed by atoms with Crippen LogP contribution in [0.2, 0.25) is 0 Å². The summed E-state index contributed by atoms with van der Waals surface area (Å²) in [5, 5.41) is 13.0. The molecule has 0 spiro atoms. The van der Waals surface area contributed by atoms with Gasteiger partial charge >= 0.3 is 5.97 Å². The van der Waals surface area contributed by atoms with Gasteiger partial charge in [0, 0.05) is 28.8 Å². The van der Waals surface area contributed by atoms with Crippen LogP contribution < -0.4 is 10.7 Å². The second kappa shape index (κ2) is 9.41. The maximum Gasteiger partial charge on any atom is 0.337 e. The Kier molecular flexibility index (Phi) is 6.68. The van der Waals surface area contributed by atoms with Crippen LogP contribution in [0.5, 0.6) is 5.75 Å². The number of hydrogen-bond acceptors (Lipinski definition) is 7. The average Bonchev–Trinajstić information content (AvgIpc) is 2.74. The number of aromatic hydroxyl groups is 1. The standard InChI is InChI=1S/C22H21NO6S/c1-28-22(26)16-5-3-14(4-6-16)15-7-9-17(10-8-15)23-12-20-21(25)19(24)11-18(29-20)13-30(2)27/h3-11,23,25H,12-13H2,1-2H3. The number of anilines is 1. The van der Waals surface area contributed by atoms with Crippen LogP contribution >= 0.6 is 0 Å². The number of rotatable bonds is 7. The highest BCUT2D eigenvalue weighted by atomic mass is 32.2. The van der Waals surface area contributed by atoms with Crippen LogP contribution in [0.15, 0.2) is 63.8 Å². The molecule has 30 heavy (non-hydrogen) atoms. The van der Waals surface area contributed by atoms with Crippen LogP contribution in [0.3, 0.4) is 0 Å². The highest BCUT2D eigenvalue weighted by Crippen LogP contribution is 2.23. The molecule has 1 atom stereocenters. The van der Waals surface area contributed by atoms with Crippen molar-refractivity contribution in [3.63, 3.8) is 0 Å². The predicted octanol–water partition coefficient (Wildman–Crippen LogP) is 3.29. The van der Waals surface area contributed by atoms with Crippen LogP contribution in [0, 0.1) is 0 Å². The maximum absolute atomic E-state index is 11.9. The van der Waals surface area contributed by atoms with Crippen molar-refractivity contribution in [2.45, 2.75) is 12.3 Å². The quantitative estimate of drug-likeness (QED) is 0.557. The largest absolute Gasteiger partial charge is 0.502 e. The minimum Gasteiger partial charge on any atom is -0.502 e. The van der Waals surface area contributed by atoms with Gasteiger partial charge in [0.15, 0.2) is 5.76 Å². The van der Waals surface area contributed by atoms with Crippen LogP contribution in [0.1, 0.15) is 21.9 Å². The number of carbonyl (C=O) groups excluding carboxylic acids is 1. The second-order valence-electron chi connectivity index (χ2n) is 6.57. The number of ether oxygens (including phenoxy) is 1. The highest BCUT2D eigenvalue weighted by Gasteiger charge is 2.12. The van der Waals surface area contributed by atoms with Crippen molar-refractivity contribution in [2.75, 3.05) is 18.7 Å². The van der Waals surface area contributed by atoms with E-state index in [2.05, 4.69) is 5.32 Å². The van der Waals surface area contributed by atoms with E-state index in [4.69, 9.17) is 9.15 Å². The molecule has 0 aliphatic rings. The minimum absolute atomic E-state index is 0.0884. The van der Waals surface area contributed by atoms with E-state index in [0.717, 1.165) is 22.9 Å². The summed E-state index contributed by atoms with van der Waals surface area (Å²) >= 11 is 0. The molecule has 0 saturated heterocycles. The summed E-state index contributed by atoms with van der Waals surface area (Å²) in [5.41, 5.74) is 2.58. The Hall–Kier alpha value is -3.39. The van der Waals surface area contributed by atoms with E-state index in [-0.39, 0.29) is 29.8 Å². The Morgan fingerprint density at radius 1 is 1.10 bits per heavy atom. The summed E-state index contributed by atoms with van der Waals surface area (Å²) in [6, 6.07) is 15.7. The zero-order valence-corrected chi connectivity index (χ0v) is 17.3. The van der Waals surface area contributed by atoms with E-state index in [0.29, 0.717) is 5.56 Å². The topological polar surface area (TPSA) is 106 Å². The number of esters is 1. The van der Waals surface area contributed by atoms with Gasteiger partial charge in [-0.25, -0.2) is 4.79 Å². The van der Waals surface area contributed by atoms with E-state index in [1.165, 1.54) is 13.4 Å². The summed E-state index contributed by atoms with van der Waals surface area (Å²) < 4.78 is 21.6. The molecule has 2 N–H and O–H groups in total. The molecule has 0 amide bonds.